The zero-order valence-corrected chi connectivity index (χ0v) is 7.38. The average molecular weight is 179 g/mol. The van der Waals surface area contributed by atoms with Crippen molar-refractivity contribution in [1.82, 2.24) is 0 Å². The second-order valence-corrected chi connectivity index (χ2v) is 2.83. The third-order valence-electron chi connectivity index (χ3n) is 1.54. The smallest absolute Gasteiger partial charge is 0.103 e. The minimum absolute atomic E-state index is 0.694. The molecule has 0 amide bonds. The summed E-state index contributed by atoms with van der Waals surface area (Å²) in [5, 5.41) is 0.694. The van der Waals surface area contributed by atoms with Crippen molar-refractivity contribution in [3.63, 3.8) is 0 Å². The average Bonchev–Trinajstić information content (AvgIpc) is 2.05. The molecule has 0 bridgehead atoms. The molecule has 1 nitrogen and oxygen atoms in total. The predicted octanol–water partition coefficient (Wildman–Crippen LogP) is 3.66. The number of halogens is 1. The summed E-state index contributed by atoms with van der Waals surface area (Å²) in [6.07, 6.45) is 2.52. The van der Waals surface area contributed by atoms with Gasteiger partial charge in [0.05, 0.1) is 0 Å². The maximum atomic E-state index is 5.79. The van der Waals surface area contributed by atoms with E-state index >= 15 is 0 Å². The van der Waals surface area contributed by atoms with Crippen LogP contribution in [0.1, 0.15) is 5.56 Å². The largest absolute Gasteiger partial charge is 0.343 e. The Kier molecular flexibility index (Phi) is 2.90. The number of allylic oxidation sites excluding steroid dienone is 1. The highest BCUT2D eigenvalue weighted by atomic mass is 35.5. The molecule has 60 valence electrons. The molecule has 0 saturated carbocycles. The molecular weight excluding hydrogens is 170 g/mol. The van der Waals surface area contributed by atoms with Gasteiger partial charge in [0, 0.05) is 16.7 Å². The Labute approximate surface area is 77.1 Å². The molecule has 0 atom stereocenters. The van der Waals surface area contributed by atoms with Gasteiger partial charge in [0.15, 0.2) is 0 Å². The molecule has 0 aromatic heterocycles. The lowest BCUT2D eigenvalue weighted by molar-refractivity contribution is 1.29. The zero-order chi connectivity index (χ0) is 8.97. The fourth-order valence-corrected chi connectivity index (χ4v) is 1.19. The van der Waals surface area contributed by atoms with Gasteiger partial charge in [-0.1, -0.05) is 17.7 Å². The van der Waals surface area contributed by atoms with Crippen LogP contribution >= 0.6 is 11.6 Å². The summed E-state index contributed by atoms with van der Waals surface area (Å²) in [4.78, 5) is 3.62. The first-order valence-electron chi connectivity index (χ1n) is 3.58. The van der Waals surface area contributed by atoms with Gasteiger partial charge in [-0.15, -0.1) is 6.58 Å². The van der Waals surface area contributed by atoms with Crippen molar-refractivity contribution in [3.05, 3.63) is 46.3 Å². The molecule has 12 heavy (non-hydrogen) atoms. The van der Waals surface area contributed by atoms with Gasteiger partial charge in [0.2, 0.25) is 0 Å². The van der Waals surface area contributed by atoms with Crippen molar-refractivity contribution in [2.24, 2.45) is 0 Å². The van der Waals surface area contributed by atoms with Crippen molar-refractivity contribution in [2.75, 3.05) is 0 Å². The van der Waals surface area contributed by atoms with Crippen LogP contribution in [0.25, 0.3) is 4.85 Å². The summed E-state index contributed by atoms with van der Waals surface area (Å²) in [7, 11) is 0. The molecule has 0 heterocycles. The SMILES string of the molecule is C#[N+]c1ccc(Cl)cc1CC=C. The highest BCUT2D eigenvalue weighted by Gasteiger charge is 2.08. The Morgan fingerprint density at radius 1 is 1.58 bits per heavy atom. The summed E-state index contributed by atoms with van der Waals surface area (Å²) >= 11 is 5.79. The summed E-state index contributed by atoms with van der Waals surface area (Å²) in [5.74, 6) is 0. The van der Waals surface area contributed by atoms with Gasteiger partial charge >= 0.3 is 5.69 Å². The third-order valence-corrected chi connectivity index (χ3v) is 1.78. The molecule has 0 unspecified atom stereocenters. The maximum Gasteiger partial charge on any atom is 0.343 e. The van der Waals surface area contributed by atoms with E-state index in [1.165, 1.54) is 0 Å². The van der Waals surface area contributed by atoms with Gasteiger partial charge in [-0.05, 0) is 23.4 Å². The van der Waals surface area contributed by atoms with E-state index in [0.29, 0.717) is 5.02 Å². The van der Waals surface area contributed by atoms with E-state index in [-0.39, 0.29) is 0 Å². The Balaban J connectivity index is 3.14. The van der Waals surface area contributed by atoms with Crippen molar-refractivity contribution in [2.45, 2.75) is 6.42 Å². The molecule has 0 saturated heterocycles. The standard InChI is InChI=1S/C10H9ClN/c1-3-4-8-7-9(11)5-6-10(8)12-2/h2-3,5-7H,1,4H2/q+1. The number of rotatable bonds is 2. The minimum Gasteiger partial charge on any atom is -0.103 e. The van der Waals surface area contributed by atoms with Gasteiger partial charge < -0.3 is 0 Å². The summed E-state index contributed by atoms with van der Waals surface area (Å²) in [6.45, 7) is 8.81. The topological polar surface area (TPSA) is 4.36 Å². The van der Waals surface area contributed by atoms with E-state index in [9.17, 15) is 0 Å². The summed E-state index contributed by atoms with van der Waals surface area (Å²) in [5.41, 5.74) is 1.76. The van der Waals surface area contributed by atoms with Crippen LogP contribution in [0.3, 0.4) is 0 Å². The van der Waals surface area contributed by atoms with Gasteiger partial charge in [0.25, 0.3) is 6.57 Å². The van der Waals surface area contributed by atoms with Crippen LogP contribution in [0, 0.1) is 6.57 Å². The molecule has 1 aromatic rings. The van der Waals surface area contributed by atoms with Crippen molar-refractivity contribution < 1.29 is 0 Å². The lowest BCUT2D eigenvalue weighted by Gasteiger charge is -1.93. The van der Waals surface area contributed by atoms with E-state index in [0.717, 1.165) is 17.7 Å². The van der Waals surface area contributed by atoms with Gasteiger partial charge in [0.1, 0.15) is 0 Å². The molecule has 0 N–H and O–H groups in total. The van der Waals surface area contributed by atoms with Crippen LogP contribution in [0.2, 0.25) is 5.02 Å². The number of benzene rings is 1. The van der Waals surface area contributed by atoms with Gasteiger partial charge in [-0.3, -0.25) is 0 Å². The molecule has 0 radical (unpaired) electrons. The molecule has 2 heteroatoms. The van der Waals surface area contributed by atoms with Crippen LogP contribution in [0.5, 0.6) is 0 Å². The molecule has 1 rings (SSSR count). The highest BCUT2D eigenvalue weighted by Crippen LogP contribution is 2.23. The van der Waals surface area contributed by atoms with Crippen molar-refractivity contribution >= 4 is 17.3 Å². The number of hydrogen-bond acceptors (Lipinski definition) is 0. The van der Waals surface area contributed by atoms with Gasteiger partial charge in [-0.2, -0.15) is 0 Å². The molecule has 0 spiro atoms. The van der Waals surface area contributed by atoms with E-state index in [1.54, 1.807) is 18.2 Å². The Morgan fingerprint density at radius 3 is 2.92 bits per heavy atom. The highest BCUT2D eigenvalue weighted by molar-refractivity contribution is 6.30. The van der Waals surface area contributed by atoms with Crippen LogP contribution in [-0.2, 0) is 6.42 Å². The lowest BCUT2D eigenvalue weighted by Crippen LogP contribution is -1.80. The van der Waals surface area contributed by atoms with Crippen LogP contribution < -0.4 is 0 Å². The van der Waals surface area contributed by atoms with E-state index in [2.05, 4.69) is 11.4 Å². The Bertz CT molecular complexity index is 336. The van der Waals surface area contributed by atoms with E-state index < -0.39 is 0 Å². The Morgan fingerprint density at radius 2 is 2.33 bits per heavy atom. The fraction of sp³-hybridized carbons (Fsp3) is 0.100. The molecule has 0 aliphatic rings. The molecule has 0 aliphatic carbocycles. The monoisotopic (exact) mass is 178 g/mol. The van der Waals surface area contributed by atoms with E-state index in [1.807, 2.05) is 6.07 Å². The summed E-state index contributed by atoms with van der Waals surface area (Å²) < 4.78 is 0. The predicted molar refractivity (Wildman–Crippen MR) is 53.3 cm³/mol. The first kappa shape index (κ1) is 8.83. The molecule has 1 aromatic carbocycles. The first-order chi connectivity index (χ1) is 5.77. The first-order valence-corrected chi connectivity index (χ1v) is 3.96. The molecule has 0 aliphatic heterocycles. The van der Waals surface area contributed by atoms with Crippen molar-refractivity contribution in [3.8, 4) is 6.57 Å². The van der Waals surface area contributed by atoms with Crippen LogP contribution in [0.15, 0.2) is 30.9 Å². The van der Waals surface area contributed by atoms with Crippen LogP contribution in [0.4, 0.5) is 5.69 Å². The fourth-order valence-electron chi connectivity index (χ4n) is 0.999. The lowest BCUT2D eigenvalue weighted by atomic mass is 10.1. The van der Waals surface area contributed by atoms with Crippen LogP contribution in [-0.4, -0.2) is 0 Å². The van der Waals surface area contributed by atoms with Gasteiger partial charge in [-0.25, -0.2) is 0 Å². The maximum absolute atomic E-state index is 5.79. The van der Waals surface area contributed by atoms with E-state index in [4.69, 9.17) is 18.2 Å². The second-order valence-electron chi connectivity index (χ2n) is 2.39. The Hall–Kier alpha value is -1.26. The molecule has 0 fully saturated rings. The quantitative estimate of drug-likeness (QED) is 0.609. The number of nitrogens with zero attached hydrogens (tertiary/aromatic N) is 1. The third kappa shape index (κ3) is 1.87. The normalized spacial score (nSPS) is 9.00. The van der Waals surface area contributed by atoms with Crippen molar-refractivity contribution in [1.29, 1.82) is 0 Å². The molecular formula is C10H9ClN+. The minimum atomic E-state index is 0.694. The zero-order valence-electron chi connectivity index (χ0n) is 6.63. The second kappa shape index (κ2) is 3.94. The number of hydrogen-bond donors (Lipinski definition) is 0. The summed E-state index contributed by atoms with van der Waals surface area (Å²) in [6, 6.07) is 5.40.